The molecule has 0 aliphatic heterocycles. The first kappa shape index (κ1) is 15.3. The Morgan fingerprint density at radius 3 is 2.53 bits per heavy atom. The number of carboxylic acid groups (broad SMARTS) is 1. The Kier molecular flexibility index (Phi) is 4.76. The Labute approximate surface area is 113 Å². The van der Waals surface area contributed by atoms with Crippen molar-refractivity contribution in [2.75, 3.05) is 11.9 Å². The number of halogens is 4. The maximum atomic E-state index is 11.8. The largest absolute Gasteiger partial charge is 0.478 e. The average Bonchev–Trinajstić information content (AvgIpc) is 2.25. The molecule has 0 radical (unpaired) electrons. The molecule has 2 N–H and O–H groups in total. The van der Waals surface area contributed by atoms with Gasteiger partial charge in [-0.1, -0.05) is 15.9 Å². The van der Waals surface area contributed by atoms with Crippen molar-refractivity contribution in [3.63, 3.8) is 0 Å². The number of amides is 1. The van der Waals surface area contributed by atoms with Crippen LogP contribution in [0.3, 0.4) is 0 Å². The molecule has 0 aliphatic rings. The summed E-state index contributed by atoms with van der Waals surface area (Å²) in [5.41, 5.74) is -0.443. The monoisotopic (exact) mass is 341 g/mol. The number of carbonyl (C=O) groups excluding carboxylic acids is 1. The highest BCUT2D eigenvalue weighted by molar-refractivity contribution is 9.10. The van der Waals surface area contributed by atoms with Gasteiger partial charge in [0, 0.05) is 4.47 Å². The lowest BCUT2D eigenvalue weighted by atomic mass is 10.2. The van der Waals surface area contributed by atoms with Gasteiger partial charge in [-0.15, -0.1) is 0 Å². The van der Waals surface area contributed by atoms with Gasteiger partial charge in [0.15, 0.2) is 6.61 Å². The minimum absolute atomic E-state index is 0.172. The molecule has 0 spiro atoms. The number of carboxylic acids is 1. The highest BCUT2D eigenvalue weighted by atomic mass is 79.9. The molecule has 1 aromatic rings. The molecule has 5 nitrogen and oxygen atoms in total. The topological polar surface area (TPSA) is 75.6 Å². The third kappa shape index (κ3) is 5.16. The highest BCUT2D eigenvalue weighted by Gasteiger charge is 2.29. The molecule has 19 heavy (non-hydrogen) atoms. The van der Waals surface area contributed by atoms with E-state index >= 15 is 0 Å². The Morgan fingerprint density at radius 2 is 2.00 bits per heavy atom. The first-order valence-corrected chi connectivity index (χ1v) is 5.52. The molecule has 0 fully saturated rings. The number of anilines is 1. The smallest absolute Gasteiger partial charge is 0.422 e. The van der Waals surface area contributed by atoms with Crippen molar-refractivity contribution in [2.45, 2.75) is 6.18 Å². The molecular formula is C10H7BrF3NO4. The zero-order valence-electron chi connectivity index (χ0n) is 9.12. The molecule has 104 valence electrons. The molecule has 0 unspecified atom stereocenters. The van der Waals surface area contributed by atoms with Crippen LogP contribution in [0.1, 0.15) is 10.4 Å². The number of aromatic carboxylic acids is 1. The van der Waals surface area contributed by atoms with Crippen LogP contribution in [0.25, 0.3) is 0 Å². The zero-order chi connectivity index (χ0) is 14.6. The summed E-state index contributed by atoms with van der Waals surface area (Å²) in [7, 11) is 0. The van der Waals surface area contributed by atoms with E-state index in [1.807, 2.05) is 5.32 Å². The van der Waals surface area contributed by atoms with Gasteiger partial charge in [-0.3, -0.25) is 5.32 Å². The van der Waals surface area contributed by atoms with Crippen LogP contribution in [0.15, 0.2) is 22.7 Å². The molecular weight excluding hydrogens is 335 g/mol. The average molecular weight is 342 g/mol. The number of hydrogen-bond donors (Lipinski definition) is 2. The number of nitrogens with one attached hydrogen (secondary N) is 1. The van der Waals surface area contributed by atoms with Crippen LogP contribution in [0.5, 0.6) is 0 Å². The van der Waals surface area contributed by atoms with Crippen molar-refractivity contribution in [1.82, 2.24) is 0 Å². The first-order chi connectivity index (χ1) is 8.69. The van der Waals surface area contributed by atoms with Crippen LogP contribution in [0, 0.1) is 0 Å². The van der Waals surface area contributed by atoms with Gasteiger partial charge in [-0.25, -0.2) is 9.59 Å². The van der Waals surface area contributed by atoms with Crippen LogP contribution in [0.2, 0.25) is 0 Å². The molecule has 0 saturated carbocycles. The lowest BCUT2D eigenvalue weighted by molar-refractivity contribution is -0.159. The number of benzene rings is 1. The van der Waals surface area contributed by atoms with Crippen LogP contribution in [-0.4, -0.2) is 30.0 Å². The van der Waals surface area contributed by atoms with E-state index in [0.29, 0.717) is 4.47 Å². The van der Waals surface area contributed by atoms with E-state index in [2.05, 4.69) is 20.7 Å². The fraction of sp³-hybridized carbons (Fsp3) is 0.200. The van der Waals surface area contributed by atoms with Gasteiger partial charge < -0.3 is 9.84 Å². The number of alkyl halides is 3. The van der Waals surface area contributed by atoms with E-state index < -0.39 is 24.8 Å². The summed E-state index contributed by atoms with van der Waals surface area (Å²) in [4.78, 5) is 21.9. The zero-order valence-corrected chi connectivity index (χ0v) is 10.7. The molecule has 0 atom stereocenters. The van der Waals surface area contributed by atoms with Gasteiger partial charge in [0.25, 0.3) is 0 Å². The second-order valence-electron chi connectivity index (χ2n) is 3.31. The summed E-state index contributed by atoms with van der Waals surface area (Å²) in [6.45, 7) is -1.75. The lowest BCUT2D eigenvalue weighted by Crippen LogP contribution is -2.24. The van der Waals surface area contributed by atoms with Gasteiger partial charge in [-0.05, 0) is 18.2 Å². The number of rotatable bonds is 3. The van der Waals surface area contributed by atoms with Crippen molar-refractivity contribution in [2.24, 2.45) is 0 Å². The molecule has 0 bridgehead atoms. The SMILES string of the molecule is O=C(Nc1cc(Br)ccc1C(=O)O)OCC(F)(F)F. The summed E-state index contributed by atoms with van der Waals surface area (Å²) in [5, 5.41) is 10.8. The molecule has 1 amide bonds. The first-order valence-electron chi connectivity index (χ1n) is 4.72. The van der Waals surface area contributed by atoms with E-state index in [1.54, 1.807) is 0 Å². The Morgan fingerprint density at radius 1 is 1.37 bits per heavy atom. The van der Waals surface area contributed by atoms with Crippen LogP contribution < -0.4 is 5.32 Å². The number of carbonyl (C=O) groups is 2. The molecule has 0 aromatic heterocycles. The molecule has 1 aromatic carbocycles. The Balaban J connectivity index is 2.78. The highest BCUT2D eigenvalue weighted by Crippen LogP contribution is 2.22. The van der Waals surface area contributed by atoms with Crippen molar-refractivity contribution in [3.05, 3.63) is 28.2 Å². The van der Waals surface area contributed by atoms with Crippen LogP contribution in [-0.2, 0) is 4.74 Å². The quantitative estimate of drug-likeness (QED) is 0.884. The van der Waals surface area contributed by atoms with Gasteiger partial charge >= 0.3 is 18.2 Å². The van der Waals surface area contributed by atoms with E-state index in [1.165, 1.54) is 18.2 Å². The Bertz CT molecular complexity index is 504. The third-order valence-electron chi connectivity index (χ3n) is 1.82. The van der Waals surface area contributed by atoms with Gasteiger partial charge in [0.2, 0.25) is 0 Å². The standard InChI is InChI=1S/C10H7BrF3NO4/c11-5-1-2-6(8(16)17)7(3-5)15-9(18)19-4-10(12,13)14/h1-3H,4H2,(H,15,18)(H,16,17). The van der Waals surface area contributed by atoms with Gasteiger partial charge in [0.1, 0.15) is 0 Å². The minimum Gasteiger partial charge on any atom is -0.478 e. The Hall–Kier alpha value is -1.77. The number of ether oxygens (including phenoxy) is 1. The normalized spacial score (nSPS) is 10.9. The van der Waals surface area contributed by atoms with Crippen LogP contribution >= 0.6 is 15.9 Å². The van der Waals surface area contributed by atoms with E-state index in [4.69, 9.17) is 5.11 Å². The van der Waals surface area contributed by atoms with E-state index in [0.717, 1.165) is 0 Å². The fourth-order valence-electron chi connectivity index (χ4n) is 1.10. The summed E-state index contributed by atoms with van der Waals surface area (Å²) < 4.78 is 39.8. The number of hydrogen-bond acceptors (Lipinski definition) is 3. The summed E-state index contributed by atoms with van der Waals surface area (Å²) >= 11 is 3.04. The molecule has 0 saturated heterocycles. The van der Waals surface area contributed by atoms with Crippen molar-refractivity contribution in [3.8, 4) is 0 Å². The second kappa shape index (κ2) is 5.91. The molecule has 0 aliphatic carbocycles. The molecule has 9 heteroatoms. The summed E-state index contributed by atoms with van der Waals surface area (Å²) in [6, 6.07) is 3.83. The van der Waals surface area contributed by atoms with E-state index in [-0.39, 0.29) is 11.3 Å². The second-order valence-corrected chi connectivity index (χ2v) is 4.23. The van der Waals surface area contributed by atoms with Crippen molar-refractivity contribution < 1.29 is 32.6 Å². The fourth-order valence-corrected chi connectivity index (χ4v) is 1.46. The molecule has 1 rings (SSSR count). The maximum absolute atomic E-state index is 11.8. The van der Waals surface area contributed by atoms with Crippen LogP contribution in [0.4, 0.5) is 23.7 Å². The van der Waals surface area contributed by atoms with E-state index in [9.17, 15) is 22.8 Å². The minimum atomic E-state index is -4.65. The lowest BCUT2D eigenvalue weighted by Gasteiger charge is -2.11. The summed E-state index contributed by atoms with van der Waals surface area (Å²) in [5.74, 6) is -1.33. The molecule has 0 heterocycles. The van der Waals surface area contributed by atoms with Crippen molar-refractivity contribution in [1.29, 1.82) is 0 Å². The summed E-state index contributed by atoms with van der Waals surface area (Å²) in [6.07, 6.45) is -6.04. The van der Waals surface area contributed by atoms with Crippen molar-refractivity contribution >= 4 is 33.7 Å². The third-order valence-corrected chi connectivity index (χ3v) is 2.31. The predicted octanol–water partition coefficient (Wildman–Crippen LogP) is 3.26. The predicted molar refractivity (Wildman–Crippen MR) is 62.1 cm³/mol. The van der Waals surface area contributed by atoms with Gasteiger partial charge in [0.05, 0.1) is 11.3 Å². The maximum Gasteiger partial charge on any atom is 0.422 e. The van der Waals surface area contributed by atoms with Gasteiger partial charge in [-0.2, -0.15) is 13.2 Å².